The van der Waals surface area contributed by atoms with Crippen LogP contribution in [0.25, 0.3) is 0 Å². The van der Waals surface area contributed by atoms with Gasteiger partial charge in [-0.05, 0) is 48.3 Å². The number of halogens is 1. The zero-order chi connectivity index (χ0) is 12.3. The summed E-state index contributed by atoms with van der Waals surface area (Å²) in [5.41, 5.74) is 2.06. The predicted octanol–water partition coefficient (Wildman–Crippen LogP) is 3.28. The van der Waals surface area contributed by atoms with Crippen molar-refractivity contribution in [3.8, 4) is 0 Å². The molecule has 4 heteroatoms. The van der Waals surface area contributed by atoms with Gasteiger partial charge < -0.3 is 10.4 Å². The zero-order valence-corrected chi connectivity index (χ0v) is 11.2. The summed E-state index contributed by atoms with van der Waals surface area (Å²) in [5, 5.41) is 12.1. The van der Waals surface area contributed by atoms with Crippen LogP contribution in [-0.2, 0) is 4.79 Å². The average molecular weight is 286 g/mol. The van der Waals surface area contributed by atoms with Crippen LogP contribution in [0.4, 0.5) is 5.69 Å². The number of carbonyl (C=O) groups is 1. The second-order valence-electron chi connectivity index (χ2n) is 4.00. The Hall–Kier alpha value is -1.03. The molecule has 0 aliphatic rings. The molecule has 0 saturated carbocycles. The van der Waals surface area contributed by atoms with E-state index in [0.717, 1.165) is 15.7 Å². The predicted molar refractivity (Wildman–Crippen MR) is 68.8 cm³/mol. The van der Waals surface area contributed by atoms with E-state index in [9.17, 15) is 4.79 Å². The van der Waals surface area contributed by atoms with Gasteiger partial charge in [-0.25, -0.2) is 0 Å². The molecule has 0 aliphatic carbocycles. The largest absolute Gasteiger partial charge is 0.481 e. The van der Waals surface area contributed by atoms with Crippen LogP contribution in [0, 0.1) is 12.8 Å². The van der Waals surface area contributed by atoms with Crippen molar-refractivity contribution < 1.29 is 9.90 Å². The molecule has 88 valence electrons. The molecule has 2 N–H and O–H groups in total. The van der Waals surface area contributed by atoms with Gasteiger partial charge in [0.2, 0.25) is 0 Å². The Morgan fingerprint density at radius 2 is 2.06 bits per heavy atom. The van der Waals surface area contributed by atoms with Crippen LogP contribution in [0.3, 0.4) is 0 Å². The number of carboxylic acids is 1. The molecule has 0 bridgehead atoms. The molecule has 16 heavy (non-hydrogen) atoms. The van der Waals surface area contributed by atoms with E-state index in [1.165, 1.54) is 0 Å². The first kappa shape index (κ1) is 13.0. The van der Waals surface area contributed by atoms with E-state index >= 15 is 0 Å². The maximum atomic E-state index is 10.8. The monoisotopic (exact) mass is 285 g/mol. The highest BCUT2D eigenvalue weighted by molar-refractivity contribution is 9.10. The summed E-state index contributed by atoms with van der Waals surface area (Å²) in [4.78, 5) is 10.8. The molecule has 0 aliphatic heterocycles. The molecule has 0 heterocycles. The van der Waals surface area contributed by atoms with E-state index in [1.807, 2.05) is 32.0 Å². The fraction of sp³-hybridized carbons (Fsp3) is 0.417. The molecule has 0 radical (unpaired) electrons. The van der Waals surface area contributed by atoms with Gasteiger partial charge in [0.1, 0.15) is 0 Å². The fourth-order valence-corrected chi connectivity index (χ4v) is 1.72. The van der Waals surface area contributed by atoms with Crippen molar-refractivity contribution in [2.24, 2.45) is 5.92 Å². The van der Waals surface area contributed by atoms with E-state index in [0.29, 0.717) is 0 Å². The van der Waals surface area contributed by atoms with Gasteiger partial charge in [0, 0.05) is 16.2 Å². The minimum Gasteiger partial charge on any atom is -0.481 e. The minimum atomic E-state index is -0.788. The van der Waals surface area contributed by atoms with Crippen molar-refractivity contribution in [3.63, 3.8) is 0 Å². The van der Waals surface area contributed by atoms with Crippen molar-refractivity contribution in [2.45, 2.75) is 26.8 Å². The summed E-state index contributed by atoms with van der Waals surface area (Å²) in [6.45, 7) is 5.57. The first-order valence-electron chi connectivity index (χ1n) is 5.18. The van der Waals surface area contributed by atoms with Gasteiger partial charge >= 0.3 is 5.97 Å². The number of rotatable bonds is 4. The standard InChI is InChI=1S/C12H16BrNO2/c1-7-5-4-6-10(11(7)13)14-9(3)8(2)12(15)16/h4-6,8-9,14H,1-3H3,(H,15,16). The Labute approximate surface area is 104 Å². The van der Waals surface area contributed by atoms with Crippen molar-refractivity contribution in [1.82, 2.24) is 0 Å². The minimum absolute atomic E-state index is 0.115. The average Bonchev–Trinajstić information content (AvgIpc) is 2.23. The van der Waals surface area contributed by atoms with Crippen molar-refractivity contribution >= 4 is 27.6 Å². The van der Waals surface area contributed by atoms with Crippen LogP contribution in [0.1, 0.15) is 19.4 Å². The lowest BCUT2D eigenvalue weighted by Gasteiger charge is -2.20. The van der Waals surface area contributed by atoms with Crippen molar-refractivity contribution in [2.75, 3.05) is 5.32 Å². The molecule has 2 unspecified atom stereocenters. The number of anilines is 1. The number of carboxylic acid groups (broad SMARTS) is 1. The van der Waals surface area contributed by atoms with Crippen LogP contribution in [0.15, 0.2) is 22.7 Å². The number of nitrogens with one attached hydrogen (secondary N) is 1. The van der Waals surface area contributed by atoms with E-state index < -0.39 is 11.9 Å². The summed E-state index contributed by atoms with van der Waals surface area (Å²) in [7, 11) is 0. The van der Waals surface area contributed by atoms with E-state index in [1.54, 1.807) is 6.92 Å². The SMILES string of the molecule is Cc1cccc(NC(C)C(C)C(=O)O)c1Br. The van der Waals surface area contributed by atoms with Gasteiger partial charge in [-0.3, -0.25) is 4.79 Å². The van der Waals surface area contributed by atoms with Crippen molar-refractivity contribution in [3.05, 3.63) is 28.2 Å². The first-order chi connectivity index (χ1) is 7.43. The maximum Gasteiger partial charge on any atom is 0.308 e. The highest BCUT2D eigenvalue weighted by Gasteiger charge is 2.19. The third kappa shape index (κ3) is 2.98. The fourth-order valence-electron chi connectivity index (χ4n) is 1.34. The highest BCUT2D eigenvalue weighted by Crippen LogP contribution is 2.27. The van der Waals surface area contributed by atoms with Gasteiger partial charge in [-0.15, -0.1) is 0 Å². The lowest BCUT2D eigenvalue weighted by Crippen LogP contribution is -2.29. The summed E-state index contributed by atoms with van der Waals surface area (Å²) in [5.74, 6) is -1.21. The zero-order valence-electron chi connectivity index (χ0n) is 9.62. The summed E-state index contributed by atoms with van der Waals surface area (Å²) in [6, 6.07) is 5.76. The number of hydrogen-bond acceptors (Lipinski definition) is 2. The number of aryl methyl sites for hydroxylation is 1. The molecule has 2 atom stereocenters. The number of hydrogen-bond donors (Lipinski definition) is 2. The van der Waals surface area contributed by atoms with Crippen LogP contribution < -0.4 is 5.32 Å². The Bertz CT molecular complexity index is 393. The quantitative estimate of drug-likeness (QED) is 0.893. The van der Waals surface area contributed by atoms with Crippen LogP contribution >= 0.6 is 15.9 Å². The Morgan fingerprint density at radius 1 is 1.44 bits per heavy atom. The van der Waals surface area contributed by atoms with Gasteiger partial charge in [0.15, 0.2) is 0 Å². The summed E-state index contributed by atoms with van der Waals surface area (Å²) < 4.78 is 0.986. The topological polar surface area (TPSA) is 49.3 Å². The van der Waals surface area contributed by atoms with Gasteiger partial charge in [0.05, 0.1) is 5.92 Å². The molecule has 0 saturated heterocycles. The molecule has 0 spiro atoms. The van der Waals surface area contributed by atoms with Crippen LogP contribution in [0.5, 0.6) is 0 Å². The third-order valence-corrected chi connectivity index (χ3v) is 3.77. The number of benzene rings is 1. The lowest BCUT2D eigenvalue weighted by molar-refractivity contribution is -0.141. The van der Waals surface area contributed by atoms with Gasteiger partial charge in [-0.1, -0.05) is 12.1 Å². The number of aliphatic carboxylic acids is 1. The first-order valence-corrected chi connectivity index (χ1v) is 5.97. The van der Waals surface area contributed by atoms with Gasteiger partial charge in [0.25, 0.3) is 0 Å². The lowest BCUT2D eigenvalue weighted by atomic mass is 10.0. The molecule has 0 amide bonds. The smallest absolute Gasteiger partial charge is 0.308 e. The molecule has 0 fully saturated rings. The maximum absolute atomic E-state index is 10.8. The van der Waals surface area contributed by atoms with Crippen LogP contribution in [0.2, 0.25) is 0 Å². The second-order valence-corrected chi connectivity index (χ2v) is 4.79. The van der Waals surface area contributed by atoms with Gasteiger partial charge in [-0.2, -0.15) is 0 Å². The Morgan fingerprint density at radius 3 is 2.62 bits per heavy atom. The highest BCUT2D eigenvalue weighted by atomic mass is 79.9. The molecule has 0 aromatic heterocycles. The second kappa shape index (κ2) is 5.34. The normalized spacial score (nSPS) is 14.2. The molecule has 1 aromatic carbocycles. The van der Waals surface area contributed by atoms with E-state index in [-0.39, 0.29) is 6.04 Å². The molecular formula is C12H16BrNO2. The van der Waals surface area contributed by atoms with Crippen LogP contribution in [-0.4, -0.2) is 17.1 Å². The molecule has 3 nitrogen and oxygen atoms in total. The third-order valence-electron chi connectivity index (χ3n) is 2.71. The summed E-state index contributed by atoms with van der Waals surface area (Å²) >= 11 is 3.48. The Kier molecular flexibility index (Phi) is 4.35. The summed E-state index contributed by atoms with van der Waals surface area (Å²) in [6.07, 6.45) is 0. The molecule has 1 aromatic rings. The molecule has 1 rings (SSSR count). The van der Waals surface area contributed by atoms with E-state index in [4.69, 9.17) is 5.11 Å². The van der Waals surface area contributed by atoms with Crippen molar-refractivity contribution in [1.29, 1.82) is 0 Å². The molecular weight excluding hydrogens is 270 g/mol. The van der Waals surface area contributed by atoms with E-state index in [2.05, 4.69) is 21.2 Å². The Balaban J connectivity index is 2.81.